The highest BCUT2D eigenvalue weighted by Gasteiger charge is 2.13. The lowest BCUT2D eigenvalue weighted by Gasteiger charge is -2.12. The van der Waals surface area contributed by atoms with Crippen molar-refractivity contribution in [2.75, 3.05) is 11.1 Å². The Labute approximate surface area is 157 Å². The summed E-state index contributed by atoms with van der Waals surface area (Å²) in [6.07, 6.45) is 0.416. The molecule has 0 radical (unpaired) electrons. The molecule has 0 unspecified atom stereocenters. The van der Waals surface area contributed by atoms with Crippen molar-refractivity contribution in [3.8, 4) is 11.3 Å². The van der Waals surface area contributed by atoms with Crippen molar-refractivity contribution in [1.29, 1.82) is 0 Å². The lowest BCUT2D eigenvalue weighted by Crippen LogP contribution is -2.08. The largest absolute Gasteiger partial charge is 0.396 e. The van der Waals surface area contributed by atoms with Crippen LogP contribution in [0.3, 0.4) is 0 Å². The minimum absolute atomic E-state index is 0.0651. The van der Waals surface area contributed by atoms with E-state index in [0.717, 1.165) is 12.1 Å². The van der Waals surface area contributed by atoms with Crippen molar-refractivity contribution < 1.29 is 18.0 Å². The van der Waals surface area contributed by atoms with Gasteiger partial charge in [0, 0.05) is 17.7 Å². The number of nitrogen functional groups attached to an aromatic ring is 1. The van der Waals surface area contributed by atoms with Crippen LogP contribution < -0.4 is 11.1 Å². The molecule has 138 valence electrons. The van der Waals surface area contributed by atoms with Crippen LogP contribution >= 0.6 is 11.6 Å². The van der Waals surface area contributed by atoms with E-state index in [4.69, 9.17) is 17.3 Å². The number of halogens is 4. The van der Waals surface area contributed by atoms with Gasteiger partial charge in [0.25, 0.3) is 0 Å². The first-order chi connectivity index (χ1) is 12.9. The summed E-state index contributed by atoms with van der Waals surface area (Å²) in [5.74, 6) is -1.89. The maximum absolute atomic E-state index is 13.9. The van der Waals surface area contributed by atoms with E-state index in [2.05, 4.69) is 10.3 Å². The van der Waals surface area contributed by atoms with Crippen LogP contribution in [0.1, 0.15) is 15.9 Å². The quantitative estimate of drug-likeness (QED) is 0.483. The zero-order chi connectivity index (χ0) is 19.6. The number of aromatic nitrogens is 1. The Morgan fingerprint density at radius 1 is 1.04 bits per heavy atom. The molecular weight excluding hydrogens is 379 g/mol. The molecule has 3 aromatic rings. The van der Waals surface area contributed by atoms with E-state index in [0.29, 0.717) is 17.5 Å². The summed E-state index contributed by atoms with van der Waals surface area (Å²) in [6.45, 7) is -0.151. The molecule has 0 atom stereocenters. The summed E-state index contributed by atoms with van der Waals surface area (Å²) in [5, 5.41) is 2.48. The Hall–Kier alpha value is -3.06. The molecule has 0 saturated heterocycles. The molecule has 1 heterocycles. The third-order valence-corrected chi connectivity index (χ3v) is 4.33. The maximum atomic E-state index is 13.9. The second kappa shape index (κ2) is 7.67. The van der Waals surface area contributed by atoms with Gasteiger partial charge in [0.2, 0.25) is 0 Å². The Bertz CT molecular complexity index is 1030. The SMILES string of the molecule is Nc1ccc(-c2ccc(C=O)c(F)c2)nc1NCc1c(F)ccc(F)c1Cl. The third-order valence-electron chi connectivity index (χ3n) is 3.92. The lowest BCUT2D eigenvalue weighted by molar-refractivity contribution is 0.112. The second-order valence-electron chi connectivity index (χ2n) is 5.66. The number of nitrogens with zero attached hydrogens (tertiary/aromatic N) is 1. The first-order valence-electron chi connectivity index (χ1n) is 7.78. The zero-order valence-electron chi connectivity index (χ0n) is 13.8. The summed E-state index contributed by atoms with van der Waals surface area (Å²) < 4.78 is 41.2. The van der Waals surface area contributed by atoms with Gasteiger partial charge in [-0.15, -0.1) is 0 Å². The van der Waals surface area contributed by atoms with E-state index in [1.54, 1.807) is 12.1 Å². The normalized spacial score (nSPS) is 10.7. The molecule has 0 aliphatic rings. The van der Waals surface area contributed by atoms with E-state index < -0.39 is 17.5 Å². The second-order valence-corrected chi connectivity index (χ2v) is 6.04. The van der Waals surface area contributed by atoms with Crippen molar-refractivity contribution in [2.24, 2.45) is 0 Å². The molecule has 3 rings (SSSR count). The monoisotopic (exact) mass is 391 g/mol. The number of nitrogens with two attached hydrogens (primary N) is 1. The number of carbonyl (C=O) groups excluding carboxylic acids is 1. The zero-order valence-corrected chi connectivity index (χ0v) is 14.5. The highest BCUT2D eigenvalue weighted by Crippen LogP contribution is 2.27. The minimum atomic E-state index is -0.740. The number of hydrogen-bond donors (Lipinski definition) is 2. The molecule has 0 spiro atoms. The van der Waals surface area contributed by atoms with Gasteiger partial charge in [-0.05, 0) is 36.4 Å². The Morgan fingerprint density at radius 2 is 1.78 bits per heavy atom. The van der Waals surface area contributed by atoms with Gasteiger partial charge in [0.1, 0.15) is 23.3 Å². The molecule has 27 heavy (non-hydrogen) atoms. The molecule has 8 heteroatoms. The number of carbonyl (C=O) groups is 1. The number of hydrogen-bond acceptors (Lipinski definition) is 4. The smallest absolute Gasteiger partial charge is 0.152 e. The highest BCUT2D eigenvalue weighted by atomic mass is 35.5. The summed E-state index contributed by atoms with van der Waals surface area (Å²) in [5.41, 5.74) is 6.81. The summed E-state index contributed by atoms with van der Waals surface area (Å²) >= 11 is 5.80. The van der Waals surface area contributed by atoms with Gasteiger partial charge in [0.05, 0.1) is 22.0 Å². The predicted octanol–water partition coefficient (Wildman–Crippen LogP) is 4.83. The fourth-order valence-electron chi connectivity index (χ4n) is 2.46. The number of rotatable bonds is 5. The molecule has 1 aromatic heterocycles. The van der Waals surface area contributed by atoms with Crippen molar-refractivity contribution in [1.82, 2.24) is 4.98 Å². The fourth-order valence-corrected chi connectivity index (χ4v) is 2.68. The number of benzene rings is 2. The van der Waals surface area contributed by atoms with E-state index in [-0.39, 0.29) is 34.2 Å². The fraction of sp³-hybridized carbons (Fsp3) is 0.0526. The van der Waals surface area contributed by atoms with E-state index in [1.807, 2.05) is 0 Å². The Balaban J connectivity index is 1.89. The average Bonchev–Trinajstić information content (AvgIpc) is 2.66. The van der Waals surface area contributed by atoms with Crippen LogP contribution in [0.15, 0.2) is 42.5 Å². The average molecular weight is 392 g/mol. The van der Waals surface area contributed by atoms with E-state index in [1.165, 1.54) is 18.2 Å². The van der Waals surface area contributed by atoms with Gasteiger partial charge >= 0.3 is 0 Å². The standard InChI is InChI=1S/C19H13ClF3N3O/c20-18-12(13(21)3-4-14(18)22)8-25-19-16(24)5-6-17(26-19)10-1-2-11(9-27)15(23)7-10/h1-7,9H,8,24H2,(H,25,26). The number of nitrogens with one attached hydrogen (secondary N) is 1. The molecule has 4 nitrogen and oxygen atoms in total. The van der Waals surface area contributed by atoms with Crippen LogP contribution in [0.25, 0.3) is 11.3 Å². The molecule has 0 saturated carbocycles. The van der Waals surface area contributed by atoms with E-state index in [9.17, 15) is 18.0 Å². The van der Waals surface area contributed by atoms with Gasteiger partial charge < -0.3 is 11.1 Å². The van der Waals surface area contributed by atoms with Gasteiger partial charge in [-0.2, -0.15) is 0 Å². The molecule has 0 aliphatic heterocycles. The summed E-state index contributed by atoms with van der Waals surface area (Å²) in [4.78, 5) is 15.0. The van der Waals surface area contributed by atoms with Crippen LogP contribution in [0.2, 0.25) is 5.02 Å². The number of pyridine rings is 1. The van der Waals surface area contributed by atoms with Gasteiger partial charge in [0.15, 0.2) is 6.29 Å². The molecule has 0 bridgehead atoms. The molecule has 0 fully saturated rings. The number of aldehydes is 1. The highest BCUT2D eigenvalue weighted by molar-refractivity contribution is 6.31. The first kappa shape index (κ1) is 18.7. The molecular formula is C19H13ClF3N3O. The van der Waals surface area contributed by atoms with Crippen molar-refractivity contribution in [3.05, 3.63) is 76.1 Å². The predicted molar refractivity (Wildman–Crippen MR) is 98.1 cm³/mol. The van der Waals surface area contributed by atoms with Gasteiger partial charge in [-0.3, -0.25) is 4.79 Å². The van der Waals surface area contributed by atoms with Crippen LogP contribution in [-0.4, -0.2) is 11.3 Å². The molecule has 0 amide bonds. The Kier molecular flexibility index (Phi) is 5.32. The van der Waals surface area contributed by atoms with Crippen LogP contribution in [0.5, 0.6) is 0 Å². The van der Waals surface area contributed by atoms with Crippen molar-refractivity contribution in [2.45, 2.75) is 6.54 Å². The topological polar surface area (TPSA) is 68.0 Å². The molecule has 2 aromatic carbocycles. The maximum Gasteiger partial charge on any atom is 0.152 e. The minimum Gasteiger partial charge on any atom is -0.396 e. The molecule has 0 aliphatic carbocycles. The summed E-state index contributed by atoms with van der Waals surface area (Å²) in [7, 11) is 0. The van der Waals surface area contributed by atoms with Crippen molar-refractivity contribution in [3.63, 3.8) is 0 Å². The van der Waals surface area contributed by atoms with Gasteiger partial charge in [-0.25, -0.2) is 18.2 Å². The van der Waals surface area contributed by atoms with Gasteiger partial charge in [-0.1, -0.05) is 17.7 Å². The molecule has 3 N–H and O–H groups in total. The number of anilines is 2. The Morgan fingerprint density at radius 3 is 2.48 bits per heavy atom. The first-order valence-corrected chi connectivity index (χ1v) is 8.16. The van der Waals surface area contributed by atoms with Crippen LogP contribution in [0.4, 0.5) is 24.7 Å². The van der Waals surface area contributed by atoms with Crippen LogP contribution in [-0.2, 0) is 6.54 Å². The van der Waals surface area contributed by atoms with Crippen LogP contribution in [0, 0.1) is 17.5 Å². The summed E-state index contributed by atoms with van der Waals surface area (Å²) in [6, 6.07) is 9.08. The van der Waals surface area contributed by atoms with Crippen molar-refractivity contribution >= 4 is 29.4 Å². The lowest BCUT2D eigenvalue weighted by atomic mass is 10.1. The van der Waals surface area contributed by atoms with E-state index >= 15 is 0 Å². The third kappa shape index (κ3) is 3.88.